The van der Waals surface area contributed by atoms with Gasteiger partial charge in [-0.2, -0.15) is 0 Å². The highest BCUT2D eigenvalue weighted by atomic mass is 16.6. The third kappa shape index (κ3) is 6.81. The second kappa shape index (κ2) is 13.2. The number of cyclic esters (lactones) is 4. The number of carbonyl (C=O) groups excluding carboxylic acids is 4. The minimum absolute atomic E-state index is 0.0943. The van der Waals surface area contributed by atoms with E-state index < -0.39 is 47.5 Å². The van der Waals surface area contributed by atoms with Crippen LogP contribution in [0, 0.1) is 119 Å². The second-order valence-corrected chi connectivity index (χ2v) is 8.28. The number of carbonyl (C=O) groups is 4. The molecule has 1 aromatic rings. The Bertz CT molecular complexity index is 1930. The van der Waals surface area contributed by atoms with E-state index in [9.17, 15) is 19.2 Å². The summed E-state index contributed by atoms with van der Waals surface area (Å²) in [5, 5.41) is 0. The summed E-state index contributed by atoms with van der Waals surface area (Å²) in [6.07, 6.45) is 7.46. The Hall–Kier alpha value is -6.66. The van der Waals surface area contributed by atoms with E-state index in [1.165, 1.54) is 0 Å². The van der Waals surface area contributed by atoms with E-state index in [-0.39, 0.29) is 12.8 Å². The first-order valence-electron chi connectivity index (χ1n) is 11.8. The molecule has 4 atom stereocenters. The van der Waals surface area contributed by atoms with Gasteiger partial charge in [0, 0.05) is 47.4 Å². The molecule has 0 bridgehead atoms. The summed E-state index contributed by atoms with van der Waals surface area (Å²) in [5.74, 6) is 33.8. The summed E-state index contributed by atoms with van der Waals surface area (Å²) >= 11 is 0. The summed E-state index contributed by atoms with van der Waals surface area (Å²) in [6.45, 7) is 0. The highest BCUT2D eigenvalue weighted by Crippen LogP contribution is 2.51. The molecule has 0 spiro atoms. The van der Waals surface area contributed by atoms with Gasteiger partial charge in [-0.1, -0.05) is 6.07 Å². The Balaban J connectivity index is 1.41. The number of hydrogen-bond acceptors (Lipinski definition) is 7. The van der Waals surface area contributed by atoms with E-state index in [2.05, 4.69) is 101 Å². The van der Waals surface area contributed by atoms with Crippen molar-refractivity contribution in [3.8, 4) is 113 Å². The average Bonchev–Trinajstić information content (AvgIpc) is 3.45. The molecule has 0 aromatic heterocycles. The van der Waals surface area contributed by atoms with Gasteiger partial charge in [0.2, 0.25) is 0 Å². The number of fused-ring (bicyclic) bond motifs is 3. The Morgan fingerprint density at radius 3 is 1.76 bits per heavy atom. The van der Waals surface area contributed by atoms with Crippen LogP contribution in [0.25, 0.3) is 0 Å². The molecule has 1 aliphatic carbocycles. The first kappa shape index (κ1) is 27.4. The van der Waals surface area contributed by atoms with Gasteiger partial charge in [0.25, 0.3) is 0 Å². The van der Waals surface area contributed by atoms with Gasteiger partial charge in [0.1, 0.15) is 11.9 Å². The number of hydrogen-bond donors (Lipinski definition) is 0. The van der Waals surface area contributed by atoms with Crippen LogP contribution in [0.1, 0.15) is 35.8 Å². The first-order valence-corrected chi connectivity index (χ1v) is 11.8. The number of ether oxygens (including phenoxy) is 3. The van der Waals surface area contributed by atoms with Gasteiger partial charge in [-0.05, 0) is 83.0 Å². The van der Waals surface area contributed by atoms with Gasteiger partial charge < -0.3 is 14.2 Å². The molecule has 4 unspecified atom stereocenters. The molecule has 2 saturated heterocycles. The Kier molecular flexibility index (Phi) is 8.83. The van der Waals surface area contributed by atoms with Gasteiger partial charge in [0.15, 0.2) is 0 Å². The normalized spacial score (nSPS) is 20.0. The van der Waals surface area contributed by atoms with Crippen molar-refractivity contribution in [3.63, 3.8) is 0 Å². The van der Waals surface area contributed by atoms with Gasteiger partial charge >= 0.3 is 23.9 Å². The summed E-state index contributed by atoms with van der Waals surface area (Å²) in [4.78, 5) is 48.7. The molecule has 0 N–H and O–H groups in total. The largest absolute Gasteiger partial charge is 0.407 e. The molecule has 2 aliphatic heterocycles. The fourth-order valence-electron chi connectivity index (χ4n) is 4.47. The van der Waals surface area contributed by atoms with E-state index in [0.717, 1.165) is 0 Å². The topological polar surface area (TPSA) is 96.0 Å². The van der Waals surface area contributed by atoms with E-state index in [1.54, 1.807) is 18.2 Å². The Labute approximate surface area is 236 Å². The molecule has 0 amide bonds. The fourth-order valence-corrected chi connectivity index (χ4v) is 4.47. The molecule has 2 heterocycles. The standard InChI is InChI=1S/C34H12O7/c1-2-3-4-5-6-7-8-9-10-11-12-13-14-15-16-17-20-39-24-18-19-25-26(28-23-30(35)40-32(28)36)22-29-31(27(25)21-24)34(38)41-33(29)37/h1,18-19,21,26,28-29,31H,22-23H2. The molecule has 4 rings (SSSR count). The monoisotopic (exact) mass is 532 g/mol. The smallest absolute Gasteiger partial charge is 0.321 e. The number of rotatable bonds is 2. The zero-order valence-electron chi connectivity index (χ0n) is 20.9. The lowest BCUT2D eigenvalue weighted by atomic mass is 9.67. The van der Waals surface area contributed by atoms with Crippen molar-refractivity contribution in [1.82, 2.24) is 0 Å². The van der Waals surface area contributed by atoms with Crippen LogP contribution >= 0.6 is 0 Å². The van der Waals surface area contributed by atoms with E-state index in [1.807, 2.05) is 0 Å². The Morgan fingerprint density at radius 2 is 1.20 bits per heavy atom. The third-order valence-electron chi connectivity index (χ3n) is 6.02. The van der Waals surface area contributed by atoms with Crippen LogP contribution in [0.2, 0.25) is 0 Å². The maximum Gasteiger partial charge on any atom is 0.321 e. The van der Waals surface area contributed by atoms with Crippen molar-refractivity contribution in [1.29, 1.82) is 0 Å². The van der Waals surface area contributed by atoms with Crippen LogP contribution < -0.4 is 4.74 Å². The zero-order chi connectivity index (χ0) is 29.0. The zero-order valence-corrected chi connectivity index (χ0v) is 20.9. The second-order valence-electron chi connectivity index (χ2n) is 8.28. The van der Waals surface area contributed by atoms with Crippen molar-refractivity contribution in [2.24, 2.45) is 11.8 Å². The molecule has 2 fully saturated rings. The highest BCUT2D eigenvalue weighted by molar-refractivity contribution is 6.01. The van der Waals surface area contributed by atoms with Crippen molar-refractivity contribution in [3.05, 3.63) is 29.3 Å². The lowest BCUT2D eigenvalue weighted by molar-refractivity contribution is -0.155. The van der Waals surface area contributed by atoms with Crippen molar-refractivity contribution in [2.75, 3.05) is 0 Å². The quantitative estimate of drug-likeness (QED) is 0.319. The lowest BCUT2D eigenvalue weighted by Gasteiger charge is -2.32. The van der Waals surface area contributed by atoms with Crippen LogP contribution in [-0.2, 0) is 28.7 Å². The van der Waals surface area contributed by atoms with E-state index in [4.69, 9.17) is 20.6 Å². The van der Waals surface area contributed by atoms with Gasteiger partial charge in [0.05, 0.1) is 24.2 Å². The summed E-state index contributed by atoms with van der Waals surface area (Å²) in [5.41, 5.74) is 1.14. The molecule has 0 saturated carbocycles. The van der Waals surface area contributed by atoms with Gasteiger partial charge in [-0.25, -0.2) is 0 Å². The Morgan fingerprint density at radius 1 is 0.634 bits per heavy atom. The molecule has 0 radical (unpaired) electrons. The van der Waals surface area contributed by atoms with Crippen LogP contribution in [0.4, 0.5) is 0 Å². The maximum absolute atomic E-state index is 12.4. The summed E-state index contributed by atoms with van der Waals surface area (Å²) < 4.78 is 15.0. The van der Waals surface area contributed by atoms with E-state index >= 15 is 0 Å². The molecule has 41 heavy (non-hydrogen) atoms. The van der Waals surface area contributed by atoms with Crippen molar-refractivity contribution >= 4 is 23.9 Å². The average molecular weight is 532 g/mol. The minimum Gasteiger partial charge on any atom is -0.407 e. The molecule has 190 valence electrons. The SMILES string of the molecule is C#CC#CC#CC#CC#CC#CC#CC#CC#COc1ccc2c(c1)C1C(=O)OC(=O)C1CC2C1CC(=O)OC1=O. The number of terminal acetylenes is 1. The molecule has 1 aromatic carbocycles. The maximum atomic E-state index is 12.4. The van der Waals surface area contributed by atoms with Crippen LogP contribution in [0.3, 0.4) is 0 Å². The van der Waals surface area contributed by atoms with Gasteiger partial charge in [-0.15, -0.1) is 6.42 Å². The predicted molar refractivity (Wildman–Crippen MR) is 142 cm³/mol. The van der Waals surface area contributed by atoms with Gasteiger partial charge in [-0.3, -0.25) is 19.2 Å². The summed E-state index contributed by atoms with van der Waals surface area (Å²) in [7, 11) is 0. The van der Waals surface area contributed by atoms with Crippen LogP contribution in [0.5, 0.6) is 5.75 Å². The number of benzene rings is 1. The minimum atomic E-state index is -0.834. The van der Waals surface area contributed by atoms with Crippen LogP contribution in [0.15, 0.2) is 18.2 Å². The third-order valence-corrected chi connectivity index (χ3v) is 6.02. The van der Waals surface area contributed by atoms with E-state index in [0.29, 0.717) is 16.9 Å². The fraction of sp³-hybridized carbons (Fsp3) is 0.176. The summed E-state index contributed by atoms with van der Waals surface area (Å²) in [6, 6.07) is 4.87. The lowest BCUT2D eigenvalue weighted by Crippen LogP contribution is -2.31. The number of esters is 4. The molecule has 7 heteroatoms. The highest BCUT2D eigenvalue weighted by Gasteiger charge is 2.53. The van der Waals surface area contributed by atoms with Crippen LogP contribution in [-0.4, -0.2) is 23.9 Å². The molecule has 3 aliphatic rings. The molecule has 7 nitrogen and oxygen atoms in total. The first-order chi connectivity index (χ1) is 20.0. The molecular weight excluding hydrogens is 520 g/mol. The van der Waals surface area contributed by atoms with Crippen molar-refractivity contribution < 1.29 is 33.4 Å². The predicted octanol–water partition coefficient (Wildman–Crippen LogP) is 1.04. The van der Waals surface area contributed by atoms with Crippen molar-refractivity contribution in [2.45, 2.75) is 24.7 Å². The molecular formula is C34H12O7.